The van der Waals surface area contributed by atoms with Gasteiger partial charge in [-0.15, -0.1) is 13.2 Å². The number of carbonyl (C=O) groups is 1. The summed E-state index contributed by atoms with van der Waals surface area (Å²) in [6.45, 7) is 0. The van der Waals surface area contributed by atoms with Crippen LogP contribution < -0.4 is 10.1 Å². The molecule has 1 aromatic carbocycles. The Morgan fingerprint density at radius 2 is 2.13 bits per heavy atom. The number of nitrogens with zero attached hydrogens (tertiary/aromatic N) is 1. The molecular weight excluding hydrogens is 309 g/mol. The number of nitrogens with one attached hydrogen (secondary N) is 1. The first kappa shape index (κ1) is 14.1. The van der Waals surface area contributed by atoms with E-state index in [1.165, 1.54) is 12.1 Å². The molecule has 1 N–H and O–H groups in total. The summed E-state index contributed by atoms with van der Waals surface area (Å²) in [5.74, 6) is -1.51. The van der Waals surface area contributed by atoms with Crippen LogP contribution in [0.1, 0.15) is 12.0 Å². The SMILES string of the molecule is N#CC1[C@@H]2C=C[C@@H](C2)C12C(=O)Nc1ccc(OC(F)(F)F)cc12. The molecule has 1 fully saturated rings. The third kappa shape index (κ3) is 1.75. The lowest BCUT2D eigenvalue weighted by Crippen LogP contribution is -2.44. The summed E-state index contributed by atoms with van der Waals surface area (Å²) in [7, 11) is 0. The van der Waals surface area contributed by atoms with Crippen LogP contribution in [0.4, 0.5) is 18.9 Å². The summed E-state index contributed by atoms with van der Waals surface area (Å²) >= 11 is 0. The molecule has 0 saturated heterocycles. The number of benzene rings is 1. The minimum absolute atomic E-state index is 0.0473. The van der Waals surface area contributed by atoms with Gasteiger partial charge in [-0.2, -0.15) is 5.26 Å². The molecule has 1 heterocycles. The second kappa shape index (κ2) is 4.28. The Morgan fingerprint density at radius 1 is 1.35 bits per heavy atom. The molecule has 2 bridgehead atoms. The topological polar surface area (TPSA) is 62.1 Å². The van der Waals surface area contributed by atoms with Gasteiger partial charge in [0.15, 0.2) is 0 Å². The molecule has 23 heavy (non-hydrogen) atoms. The van der Waals surface area contributed by atoms with Crippen molar-refractivity contribution in [3.63, 3.8) is 0 Å². The first-order valence-corrected chi connectivity index (χ1v) is 7.16. The molecule has 0 aromatic heterocycles. The third-order valence-electron chi connectivity index (χ3n) is 5.05. The Bertz CT molecular complexity index is 781. The van der Waals surface area contributed by atoms with Gasteiger partial charge in [0.05, 0.1) is 17.4 Å². The van der Waals surface area contributed by atoms with Gasteiger partial charge in [-0.3, -0.25) is 4.79 Å². The minimum Gasteiger partial charge on any atom is -0.406 e. The lowest BCUT2D eigenvalue weighted by molar-refractivity contribution is -0.274. The van der Waals surface area contributed by atoms with Crippen LogP contribution in [0.15, 0.2) is 30.4 Å². The molecular formula is C16H11F3N2O2. The van der Waals surface area contributed by atoms with Crippen molar-refractivity contribution in [2.24, 2.45) is 17.8 Å². The van der Waals surface area contributed by atoms with E-state index in [1.54, 1.807) is 0 Å². The summed E-state index contributed by atoms with van der Waals surface area (Å²) < 4.78 is 41.4. The maximum atomic E-state index is 12.7. The van der Waals surface area contributed by atoms with Gasteiger partial charge < -0.3 is 10.1 Å². The van der Waals surface area contributed by atoms with Crippen LogP contribution >= 0.6 is 0 Å². The van der Waals surface area contributed by atoms with E-state index < -0.39 is 17.7 Å². The van der Waals surface area contributed by atoms with Gasteiger partial charge in [-0.1, -0.05) is 12.2 Å². The zero-order valence-corrected chi connectivity index (χ0v) is 11.7. The molecule has 2 aliphatic carbocycles. The van der Waals surface area contributed by atoms with Crippen LogP contribution in [0.3, 0.4) is 0 Å². The van der Waals surface area contributed by atoms with Gasteiger partial charge in [-0.05, 0) is 42.0 Å². The van der Waals surface area contributed by atoms with E-state index in [1.807, 2.05) is 12.2 Å². The molecule has 1 spiro atoms. The molecule has 1 amide bonds. The summed E-state index contributed by atoms with van der Waals surface area (Å²) in [6, 6.07) is 5.99. The van der Waals surface area contributed by atoms with Gasteiger partial charge in [0, 0.05) is 5.69 Å². The monoisotopic (exact) mass is 320 g/mol. The van der Waals surface area contributed by atoms with Crippen molar-refractivity contribution >= 4 is 11.6 Å². The number of carbonyl (C=O) groups excluding carboxylic acids is 1. The molecule has 0 radical (unpaired) electrons. The van der Waals surface area contributed by atoms with Crippen molar-refractivity contribution in [3.8, 4) is 11.8 Å². The van der Waals surface area contributed by atoms with Crippen LogP contribution in [-0.2, 0) is 10.2 Å². The van der Waals surface area contributed by atoms with Crippen LogP contribution in [0.25, 0.3) is 0 Å². The predicted octanol–water partition coefficient (Wildman–Crippen LogP) is 3.12. The van der Waals surface area contributed by atoms with E-state index >= 15 is 0 Å². The molecule has 7 heteroatoms. The normalized spacial score (nSPS) is 33.7. The Hall–Kier alpha value is -2.49. The number of nitriles is 1. The second-order valence-electron chi connectivity index (χ2n) is 6.08. The predicted molar refractivity (Wildman–Crippen MR) is 73.3 cm³/mol. The van der Waals surface area contributed by atoms with Gasteiger partial charge >= 0.3 is 6.36 Å². The quantitative estimate of drug-likeness (QED) is 0.809. The number of halogens is 3. The standard InChI is InChI=1S/C16H11F3N2O2/c17-16(18,19)23-10-3-4-13-11(6-10)15(14(22)21-13)9-2-1-8(5-9)12(15)7-20/h1-4,6,8-9,12H,5H2,(H,21,22)/t8-,9+,12?,15?/m1/s1. The van der Waals surface area contributed by atoms with Crippen molar-refractivity contribution in [1.82, 2.24) is 0 Å². The van der Waals surface area contributed by atoms with E-state index in [4.69, 9.17) is 0 Å². The number of hydrogen-bond acceptors (Lipinski definition) is 3. The summed E-state index contributed by atoms with van der Waals surface area (Å²) in [4.78, 5) is 12.7. The van der Waals surface area contributed by atoms with Crippen LogP contribution in [0, 0.1) is 29.1 Å². The lowest BCUT2D eigenvalue weighted by Gasteiger charge is -2.33. The number of ether oxygens (including phenoxy) is 1. The number of allylic oxidation sites excluding steroid dienone is 2. The highest BCUT2D eigenvalue weighted by atomic mass is 19.4. The molecule has 2 unspecified atom stereocenters. The van der Waals surface area contributed by atoms with Gasteiger partial charge in [-0.25, -0.2) is 0 Å². The summed E-state index contributed by atoms with van der Waals surface area (Å²) in [5.41, 5.74) is -0.243. The highest BCUT2D eigenvalue weighted by Gasteiger charge is 2.64. The number of rotatable bonds is 1. The third-order valence-corrected chi connectivity index (χ3v) is 5.05. The second-order valence-corrected chi connectivity index (χ2v) is 6.08. The molecule has 118 valence electrons. The summed E-state index contributed by atoms with van der Waals surface area (Å²) in [5, 5.41) is 12.2. The highest BCUT2D eigenvalue weighted by molar-refractivity contribution is 6.08. The molecule has 4 atom stereocenters. The zero-order chi connectivity index (χ0) is 16.4. The number of alkyl halides is 3. The van der Waals surface area contributed by atoms with Gasteiger partial charge in [0.1, 0.15) is 5.75 Å². The maximum Gasteiger partial charge on any atom is 0.573 e. The highest BCUT2D eigenvalue weighted by Crippen LogP contribution is 2.61. The Kier molecular flexibility index (Phi) is 2.63. The smallest absolute Gasteiger partial charge is 0.406 e. The minimum atomic E-state index is -4.80. The van der Waals surface area contributed by atoms with Crippen molar-refractivity contribution in [2.45, 2.75) is 18.2 Å². The van der Waals surface area contributed by atoms with Gasteiger partial charge in [0.25, 0.3) is 0 Å². The number of anilines is 1. The first-order chi connectivity index (χ1) is 10.9. The van der Waals surface area contributed by atoms with Crippen molar-refractivity contribution in [2.75, 3.05) is 5.32 Å². The van der Waals surface area contributed by atoms with Crippen molar-refractivity contribution in [1.29, 1.82) is 5.26 Å². The van der Waals surface area contributed by atoms with Gasteiger partial charge in [0.2, 0.25) is 5.91 Å². The average molecular weight is 320 g/mol. The Morgan fingerprint density at radius 3 is 2.83 bits per heavy atom. The van der Waals surface area contributed by atoms with Crippen molar-refractivity contribution < 1.29 is 22.7 Å². The van der Waals surface area contributed by atoms with Crippen molar-refractivity contribution in [3.05, 3.63) is 35.9 Å². The molecule has 4 rings (SSSR count). The number of fused-ring (bicyclic) bond motifs is 5. The average Bonchev–Trinajstić information content (AvgIpc) is 3.12. The number of amides is 1. The molecule has 1 aliphatic heterocycles. The fourth-order valence-electron chi connectivity index (χ4n) is 4.27. The molecule has 3 aliphatic rings. The molecule has 1 saturated carbocycles. The van der Waals surface area contributed by atoms with Crippen LogP contribution in [0.2, 0.25) is 0 Å². The van der Waals surface area contributed by atoms with E-state index in [0.29, 0.717) is 17.7 Å². The van der Waals surface area contributed by atoms with E-state index in [9.17, 15) is 23.2 Å². The number of hydrogen-bond donors (Lipinski definition) is 1. The summed E-state index contributed by atoms with van der Waals surface area (Å²) in [6.07, 6.45) is -0.328. The van der Waals surface area contributed by atoms with E-state index in [2.05, 4.69) is 16.1 Å². The van der Waals surface area contributed by atoms with Crippen LogP contribution in [0.5, 0.6) is 5.75 Å². The van der Waals surface area contributed by atoms with E-state index in [-0.39, 0.29) is 23.5 Å². The Balaban J connectivity index is 1.86. The molecule has 1 aromatic rings. The van der Waals surface area contributed by atoms with Crippen LogP contribution in [-0.4, -0.2) is 12.3 Å². The fraction of sp³-hybridized carbons (Fsp3) is 0.375. The molecule has 4 nitrogen and oxygen atoms in total. The zero-order valence-electron chi connectivity index (χ0n) is 11.7. The Labute approximate surface area is 129 Å². The lowest BCUT2D eigenvalue weighted by atomic mass is 9.65. The maximum absolute atomic E-state index is 12.7. The first-order valence-electron chi connectivity index (χ1n) is 7.16. The van der Waals surface area contributed by atoms with E-state index in [0.717, 1.165) is 6.07 Å². The fourth-order valence-corrected chi connectivity index (χ4v) is 4.27. The largest absolute Gasteiger partial charge is 0.573 e.